The summed E-state index contributed by atoms with van der Waals surface area (Å²) in [5.74, 6) is 1.34. The normalized spacial score (nSPS) is 28.5. The van der Waals surface area contributed by atoms with Crippen molar-refractivity contribution >= 4 is 6.03 Å². The van der Waals surface area contributed by atoms with E-state index in [-0.39, 0.29) is 18.2 Å². The smallest absolute Gasteiger partial charge is 0.315 e. The second-order valence-corrected chi connectivity index (χ2v) is 6.82. The molecule has 3 N–H and O–H groups in total. The van der Waals surface area contributed by atoms with Crippen LogP contribution in [-0.2, 0) is 0 Å². The van der Waals surface area contributed by atoms with E-state index in [0.29, 0.717) is 12.5 Å². The Balaban J connectivity index is 1.53. The second-order valence-electron chi connectivity index (χ2n) is 6.82. The van der Waals surface area contributed by atoms with Gasteiger partial charge in [0, 0.05) is 12.6 Å². The van der Waals surface area contributed by atoms with Gasteiger partial charge in [0.05, 0.1) is 6.10 Å². The molecule has 3 atom stereocenters. The molecule has 0 unspecified atom stereocenters. The Morgan fingerprint density at radius 2 is 1.95 bits per heavy atom. The molecule has 2 amide bonds. The highest BCUT2D eigenvalue weighted by molar-refractivity contribution is 5.74. The van der Waals surface area contributed by atoms with Crippen molar-refractivity contribution in [3.05, 3.63) is 0 Å². The highest BCUT2D eigenvalue weighted by Gasteiger charge is 2.23. The summed E-state index contributed by atoms with van der Waals surface area (Å²) < 4.78 is 0. The van der Waals surface area contributed by atoms with Crippen molar-refractivity contribution in [3.8, 4) is 0 Å². The Hall–Kier alpha value is -0.770. The van der Waals surface area contributed by atoms with Crippen LogP contribution in [0.25, 0.3) is 0 Å². The van der Waals surface area contributed by atoms with Crippen LogP contribution in [0, 0.1) is 11.8 Å². The molecular formula is C16H30N2O2. The summed E-state index contributed by atoms with van der Waals surface area (Å²) >= 11 is 0. The third-order valence-corrected chi connectivity index (χ3v) is 4.93. The monoisotopic (exact) mass is 282 g/mol. The van der Waals surface area contributed by atoms with Gasteiger partial charge < -0.3 is 15.7 Å². The average molecular weight is 282 g/mol. The van der Waals surface area contributed by atoms with Gasteiger partial charge in [0.2, 0.25) is 0 Å². The van der Waals surface area contributed by atoms with Gasteiger partial charge in [-0.1, -0.05) is 25.7 Å². The van der Waals surface area contributed by atoms with Gasteiger partial charge in [-0.05, 0) is 50.9 Å². The molecule has 0 aromatic heterocycles. The Morgan fingerprint density at radius 1 is 1.20 bits per heavy atom. The molecule has 2 aliphatic carbocycles. The van der Waals surface area contributed by atoms with Crippen molar-refractivity contribution in [2.75, 3.05) is 6.54 Å². The lowest BCUT2D eigenvalue weighted by molar-refractivity contribution is 0.177. The number of nitrogens with one attached hydrogen (secondary N) is 2. The van der Waals surface area contributed by atoms with E-state index in [1.54, 1.807) is 0 Å². The lowest BCUT2D eigenvalue weighted by Crippen LogP contribution is -2.42. The summed E-state index contributed by atoms with van der Waals surface area (Å²) in [6, 6.07) is 0.204. The van der Waals surface area contributed by atoms with Crippen molar-refractivity contribution < 1.29 is 9.90 Å². The SMILES string of the molecule is C[C@H](CCC1CCCC1)NC(=O)NC[C@H]1CC[C@@H](O)C1. The molecule has 2 rings (SSSR count). The van der Waals surface area contributed by atoms with Crippen LogP contribution in [0.1, 0.15) is 64.7 Å². The maximum absolute atomic E-state index is 11.8. The number of hydrogen-bond donors (Lipinski definition) is 3. The molecular weight excluding hydrogens is 252 g/mol. The Labute approximate surface area is 122 Å². The lowest BCUT2D eigenvalue weighted by atomic mass is 9.99. The minimum absolute atomic E-state index is 0.0506. The number of aliphatic hydroxyl groups excluding tert-OH is 1. The first-order valence-corrected chi connectivity index (χ1v) is 8.36. The number of carbonyl (C=O) groups is 1. The summed E-state index contributed by atoms with van der Waals surface area (Å²) in [4.78, 5) is 11.8. The highest BCUT2D eigenvalue weighted by atomic mass is 16.3. The first-order valence-electron chi connectivity index (χ1n) is 8.36. The minimum Gasteiger partial charge on any atom is -0.393 e. The molecule has 0 radical (unpaired) electrons. The number of carbonyl (C=O) groups excluding carboxylic acids is 1. The average Bonchev–Trinajstić information content (AvgIpc) is 3.05. The molecule has 0 aliphatic heterocycles. The van der Waals surface area contributed by atoms with Gasteiger partial charge in [-0.15, -0.1) is 0 Å². The van der Waals surface area contributed by atoms with Crippen LogP contribution in [0.2, 0.25) is 0 Å². The largest absolute Gasteiger partial charge is 0.393 e. The Morgan fingerprint density at radius 3 is 2.60 bits per heavy atom. The maximum atomic E-state index is 11.8. The zero-order valence-corrected chi connectivity index (χ0v) is 12.7. The van der Waals surface area contributed by atoms with Gasteiger partial charge in [0.1, 0.15) is 0 Å². The van der Waals surface area contributed by atoms with E-state index in [2.05, 4.69) is 17.6 Å². The van der Waals surface area contributed by atoms with E-state index >= 15 is 0 Å². The van der Waals surface area contributed by atoms with Crippen LogP contribution in [0.3, 0.4) is 0 Å². The van der Waals surface area contributed by atoms with E-state index in [1.807, 2.05) is 0 Å². The number of urea groups is 1. The molecule has 0 bridgehead atoms. The molecule has 0 aromatic carbocycles. The first kappa shape index (κ1) is 15.6. The predicted octanol–water partition coefficient (Wildman–Crippen LogP) is 2.81. The van der Waals surface area contributed by atoms with Gasteiger partial charge in [-0.25, -0.2) is 4.79 Å². The topological polar surface area (TPSA) is 61.4 Å². The van der Waals surface area contributed by atoms with Gasteiger partial charge in [0.15, 0.2) is 0 Å². The molecule has 2 aliphatic rings. The molecule has 0 spiro atoms. The van der Waals surface area contributed by atoms with Crippen LogP contribution < -0.4 is 10.6 Å². The second kappa shape index (κ2) is 7.87. The summed E-state index contributed by atoms with van der Waals surface area (Å²) in [6.07, 6.45) is 10.4. The Kier molecular flexibility index (Phi) is 6.14. The van der Waals surface area contributed by atoms with Gasteiger partial charge >= 0.3 is 6.03 Å². The van der Waals surface area contributed by atoms with Gasteiger partial charge in [-0.3, -0.25) is 0 Å². The van der Waals surface area contributed by atoms with Gasteiger partial charge in [-0.2, -0.15) is 0 Å². The standard InChI is InChI=1S/C16H30N2O2/c1-12(6-7-13-4-2-3-5-13)18-16(20)17-11-14-8-9-15(19)10-14/h12-15,19H,2-11H2,1H3,(H2,17,18,20)/t12-,14+,15-/m1/s1. The molecule has 4 nitrogen and oxygen atoms in total. The number of aliphatic hydroxyl groups is 1. The molecule has 20 heavy (non-hydrogen) atoms. The molecule has 4 heteroatoms. The van der Waals surface area contributed by atoms with Crippen molar-refractivity contribution in [1.82, 2.24) is 10.6 Å². The van der Waals surface area contributed by atoms with Crippen LogP contribution in [0.4, 0.5) is 4.79 Å². The summed E-state index contributed by atoms with van der Waals surface area (Å²) in [5.41, 5.74) is 0. The zero-order chi connectivity index (χ0) is 14.4. The van der Waals surface area contributed by atoms with Crippen LogP contribution >= 0.6 is 0 Å². The Bertz CT molecular complexity index is 303. The third-order valence-electron chi connectivity index (χ3n) is 4.93. The van der Waals surface area contributed by atoms with Gasteiger partial charge in [0.25, 0.3) is 0 Å². The van der Waals surface area contributed by atoms with Crippen molar-refractivity contribution in [2.45, 2.75) is 76.9 Å². The van der Waals surface area contributed by atoms with Crippen molar-refractivity contribution in [3.63, 3.8) is 0 Å². The molecule has 2 fully saturated rings. The van der Waals surface area contributed by atoms with Crippen LogP contribution in [-0.4, -0.2) is 29.8 Å². The fraction of sp³-hybridized carbons (Fsp3) is 0.938. The van der Waals surface area contributed by atoms with Crippen LogP contribution in [0.15, 0.2) is 0 Å². The molecule has 0 heterocycles. The fourth-order valence-corrected chi connectivity index (χ4v) is 3.60. The minimum atomic E-state index is -0.157. The van der Waals surface area contributed by atoms with E-state index in [9.17, 15) is 9.90 Å². The first-order chi connectivity index (χ1) is 9.63. The zero-order valence-electron chi connectivity index (χ0n) is 12.7. The van der Waals surface area contributed by atoms with E-state index in [1.165, 1.54) is 32.1 Å². The molecule has 0 saturated heterocycles. The van der Waals surface area contributed by atoms with E-state index < -0.39 is 0 Å². The summed E-state index contributed by atoms with van der Waals surface area (Å²) in [6.45, 7) is 2.78. The number of amides is 2. The molecule has 0 aromatic rings. The lowest BCUT2D eigenvalue weighted by Gasteiger charge is -2.18. The molecule has 116 valence electrons. The predicted molar refractivity (Wildman–Crippen MR) is 80.5 cm³/mol. The van der Waals surface area contributed by atoms with Crippen molar-refractivity contribution in [1.29, 1.82) is 0 Å². The molecule has 2 saturated carbocycles. The van der Waals surface area contributed by atoms with Crippen LogP contribution in [0.5, 0.6) is 0 Å². The maximum Gasteiger partial charge on any atom is 0.315 e. The number of hydrogen-bond acceptors (Lipinski definition) is 2. The third kappa shape index (κ3) is 5.31. The van der Waals surface area contributed by atoms with Crippen molar-refractivity contribution in [2.24, 2.45) is 11.8 Å². The number of rotatable bonds is 6. The summed E-state index contributed by atoms with van der Waals surface area (Å²) in [5, 5.41) is 15.4. The highest BCUT2D eigenvalue weighted by Crippen LogP contribution is 2.28. The fourth-order valence-electron chi connectivity index (χ4n) is 3.60. The van der Waals surface area contributed by atoms with E-state index in [0.717, 1.165) is 31.6 Å². The van der Waals surface area contributed by atoms with E-state index in [4.69, 9.17) is 0 Å². The quantitative estimate of drug-likeness (QED) is 0.701. The summed E-state index contributed by atoms with van der Waals surface area (Å²) in [7, 11) is 0.